The first-order chi connectivity index (χ1) is 70.8. The predicted octanol–water partition coefficient (Wildman–Crippen LogP) is 15.6. The number of hydrogen-bond acceptors (Lipinski definition) is 28. The fourth-order valence-corrected chi connectivity index (χ4v) is 21.5. The first kappa shape index (κ1) is 105. The van der Waals surface area contributed by atoms with Crippen LogP contribution < -0.4 is 73.6 Å². The molecule has 6 aliphatic heterocycles. The van der Waals surface area contributed by atoms with E-state index in [2.05, 4.69) is 35.7 Å². The number of esters is 6. The van der Waals surface area contributed by atoms with Gasteiger partial charge < -0.3 is 61.3 Å². The van der Waals surface area contributed by atoms with Crippen molar-refractivity contribution in [2.24, 2.45) is 15.0 Å². The Labute approximate surface area is 852 Å². The summed E-state index contributed by atoms with van der Waals surface area (Å²) in [5, 5.41) is 0. The van der Waals surface area contributed by atoms with Crippen LogP contribution in [0.5, 0.6) is 17.2 Å². The lowest BCUT2D eigenvalue weighted by Crippen LogP contribution is -2.41. The van der Waals surface area contributed by atoms with Gasteiger partial charge in [-0.25, -0.2) is 43.7 Å². The van der Waals surface area contributed by atoms with E-state index < -0.39 is 70.6 Å². The number of para-hydroxylation sites is 3. The van der Waals surface area contributed by atoms with Gasteiger partial charge in [0.2, 0.25) is 23.7 Å². The molecule has 0 N–H and O–H groups in total. The number of ether oxygens (including phenoxy) is 6. The fraction of sp³-hybridized carbons (Fsp3) is 0.315. The van der Waals surface area contributed by atoms with Crippen LogP contribution in [-0.2, 0) is 47.8 Å². The molecule has 3 atom stereocenters. The number of rotatable bonds is 34. The first-order valence-electron chi connectivity index (χ1n) is 48.9. The number of benzene rings is 6. The minimum Gasteiger partial charge on any atom is -0.463 e. The van der Waals surface area contributed by atoms with Crippen LogP contribution in [0.3, 0.4) is 0 Å². The van der Waals surface area contributed by atoms with Crippen molar-refractivity contribution in [2.75, 3.05) is 68.2 Å². The number of hydrogen-bond donors (Lipinski definition) is 0. The molecule has 0 saturated heterocycles. The molecule has 0 bridgehead atoms. The van der Waals surface area contributed by atoms with Gasteiger partial charge in [-0.2, -0.15) is 0 Å². The maximum Gasteiger partial charge on any atom is 0.379 e. The summed E-state index contributed by atoms with van der Waals surface area (Å²) in [6, 6.07) is 48.8. The van der Waals surface area contributed by atoms with Gasteiger partial charge in [-0.15, -0.1) is 0 Å². The molecule has 6 aromatic heterocycles. The minimum atomic E-state index is -0.893. The Morgan fingerprint density at radius 3 is 0.829 bits per heavy atom. The summed E-state index contributed by atoms with van der Waals surface area (Å²) in [5.74, 6) is -3.46. The summed E-state index contributed by atoms with van der Waals surface area (Å²) in [6.45, 7) is 18.8. The molecular weight excluding hydrogens is 1920 g/mol. The van der Waals surface area contributed by atoms with Gasteiger partial charge in [0.25, 0.3) is 34.4 Å². The summed E-state index contributed by atoms with van der Waals surface area (Å²) in [6.07, 6.45) is 20.8. The van der Waals surface area contributed by atoms with Gasteiger partial charge >= 0.3 is 35.8 Å². The van der Waals surface area contributed by atoms with Crippen molar-refractivity contribution in [1.82, 2.24) is 18.6 Å². The minimum absolute atomic E-state index is 0.0590. The van der Waals surface area contributed by atoms with Crippen LogP contribution >= 0.6 is 34.0 Å². The van der Waals surface area contributed by atoms with E-state index in [4.69, 9.17) is 41.7 Å². The van der Waals surface area contributed by atoms with Crippen LogP contribution in [-0.4, -0.2) is 132 Å². The van der Waals surface area contributed by atoms with Crippen LogP contribution in [0.25, 0.3) is 16.7 Å². The van der Waals surface area contributed by atoms with E-state index in [-0.39, 0.29) is 102 Å². The highest BCUT2D eigenvalue weighted by Gasteiger charge is 2.43. The molecule has 18 rings (SSSR count). The van der Waals surface area contributed by atoms with Crippen molar-refractivity contribution in [1.29, 1.82) is 0 Å². The van der Waals surface area contributed by atoms with Crippen molar-refractivity contribution >= 4 is 128 Å². The smallest absolute Gasteiger partial charge is 0.379 e. The van der Waals surface area contributed by atoms with Crippen molar-refractivity contribution in [3.05, 3.63) is 344 Å². The van der Waals surface area contributed by atoms with Crippen LogP contribution in [0.2, 0.25) is 0 Å². The Kier molecular flexibility index (Phi) is 34.5. The lowest BCUT2D eigenvalue weighted by atomic mass is 9.96. The standard InChI is InChI=1S/3C36H35N3O7S.C3H7NO/c3*1-4-6-7-8-11-20-38-26-14-10-9-13-25(26)29(32(38)40)31-33(41)39-30(28(35(43)44-5-2)22(3)37-36(39)47-31)23-16-18-24(19-17-23)46-34(42)27-15-12-21-45-27;1-4(2)3-5/h3*9-10,12-19,21,30H,4-8,11,20H2,1-3H3;3H,1-2H3/b3*31-29-;. The van der Waals surface area contributed by atoms with E-state index >= 15 is 0 Å². The highest BCUT2D eigenvalue weighted by molar-refractivity contribution is 7.08. The lowest BCUT2D eigenvalue weighted by Gasteiger charge is -2.24. The molecule has 0 saturated carbocycles. The first-order valence-corrected chi connectivity index (χ1v) is 51.3. The lowest BCUT2D eigenvalue weighted by molar-refractivity contribution is -0.140. The van der Waals surface area contributed by atoms with E-state index in [9.17, 15) is 62.3 Å². The summed E-state index contributed by atoms with van der Waals surface area (Å²) >= 11 is 3.41. The number of carbonyl (C=O) groups is 10. The highest BCUT2D eigenvalue weighted by Crippen LogP contribution is 2.42. The van der Waals surface area contributed by atoms with Crippen molar-refractivity contribution in [3.8, 4) is 17.2 Å². The maximum absolute atomic E-state index is 14.4. The van der Waals surface area contributed by atoms with E-state index in [1.54, 1.807) is 161 Å². The quantitative estimate of drug-likeness (QED) is 0.0119. The fourth-order valence-electron chi connectivity index (χ4n) is 18.1. The summed E-state index contributed by atoms with van der Waals surface area (Å²) < 4.78 is 53.1. The Balaban J connectivity index is 0.000000160. The van der Waals surface area contributed by atoms with Gasteiger partial charge in [-0.3, -0.25) is 47.3 Å². The molecule has 756 valence electrons. The van der Waals surface area contributed by atoms with E-state index in [1.165, 1.54) is 55.6 Å². The van der Waals surface area contributed by atoms with E-state index in [0.29, 0.717) is 101 Å². The zero-order chi connectivity index (χ0) is 104. The van der Waals surface area contributed by atoms with Crippen LogP contribution in [0.4, 0.5) is 17.1 Å². The van der Waals surface area contributed by atoms with Gasteiger partial charge in [0.05, 0.1) is 124 Å². The van der Waals surface area contributed by atoms with E-state index in [1.807, 2.05) is 72.8 Å². The normalized spacial score (nSPS) is 16.2. The molecule has 0 spiro atoms. The summed E-state index contributed by atoms with van der Waals surface area (Å²) in [4.78, 5) is 194. The number of thiazole rings is 3. The Hall–Kier alpha value is -15.6. The molecule has 12 heterocycles. The van der Waals surface area contributed by atoms with Crippen molar-refractivity contribution in [3.63, 3.8) is 0 Å². The summed E-state index contributed by atoms with van der Waals surface area (Å²) in [5.41, 5.74) is 7.80. The molecule has 35 heteroatoms. The third-order valence-corrected chi connectivity index (χ3v) is 28.1. The highest BCUT2D eigenvalue weighted by atomic mass is 32.1. The number of unbranched alkanes of at least 4 members (excludes halogenated alkanes) is 12. The Morgan fingerprint density at radius 2 is 0.596 bits per heavy atom. The molecule has 6 aliphatic rings. The largest absolute Gasteiger partial charge is 0.463 e. The number of allylic oxidation sites excluding steroid dienone is 3. The average Bonchev–Trinajstić information content (AvgIpc) is 1.58. The molecule has 146 heavy (non-hydrogen) atoms. The zero-order valence-corrected chi connectivity index (χ0v) is 85.3. The van der Waals surface area contributed by atoms with Gasteiger partial charge in [0.15, 0.2) is 14.4 Å². The third kappa shape index (κ3) is 22.5. The molecule has 4 amide bonds. The van der Waals surface area contributed by atoms with Gasteiger partial charge in [0.1, 0.15) is 30.8 Å². The van der Waals surface area contributed by atoms with Crippen LogP contribution in [0.15, 0.2) is 277 Å². The average molecular weight is 2030 g/mol. The number of carbonyl (C=O) groups excluding carboxylic acids is 10. The molecular formula is C111H112N10O22S3. The van der Waals surface area contributed by atoms with Gasteiger partial charge in [-0.1, -0.05) is 223 Å². The number of nitrogens with zero attached hydrogens (tertiary/aromatic N) is 10. The third-order valence-electron chi connectivity index (χ3n) is 25.0. The van der Waals surface area contributed by atoms with Crippen molar-refractivity contribution in [2.45, 2.75) is 177 Å². The Morgan fingerprint density at radius 1 is 0.342 bits per heavy atom. The number of anilines is 3. The van der Waals surface area contributed by atoms with Crippen molar-refractivity contribution < 1.29 is 89.6 Å². The monoisotopic (exact) mass is 2030 g/mol. The number of aromatic nitrogens is 3. The molecule has 3 unspecified atom stereocenters. The summed E-state index contributed by atoms with van der Waals surface area (Å²) in [7, 11) is 3.38. The van der Waals surface area contributed by atoms with E-state index in [0.717, 1.165) is 154 Å². The number of furan rings is 3. The Bertz CT molecular complexity index is 6940. The second-order valence-electron chi connectivity index (χ2n) is 35.0. The molecule has 6 aromatic carbocycles. The molecule has 0 aliphatic carbocycles. The van der Waals surface area contributed by atoms with Crippen LogP contribution in [0.1, 0.15) is 242 Å². The zero-order valence-electron chi connectivity index (χ0n) is 82.9. The van der Waals surface area contributed by atoms with Gasteiger partial charge in [-0.05, 0) is 168 Å². The molecule has 12 aromatic rings. The number of fused-ring (bicyclic) bond motifs is 6. The number of amides is 4. The second-order valence-corrected chi connectivity index (χ2v) is 38.0. The molecule has 32 nitrogen and oxygen atoms in total. The molecule has 0 fully saturated rings. The predicted molar refractivity (Wildman–Crippen MR) is 551 cm³/mol. The van der Waals surface area contributed by atoms with Gasteiger partial charge in [0, 0.05) is 50.4 Å². The topological polar surface area (TPSA) is 382 Å². The SMILES string of the molecule is CCCCCCCN1C(=O)/C(=c2\sc3n(c2=O)C(c2ccc(OC(=O)c4ccco4)cc2)C(C(=O)OCC)=C(C)N=3)c2ccccc21.CCCCCCCN1C(=O)/C(=c2\sc3n(c2=O)C(c2ccc(OC(=O)c4ccco4)cc2)C(C(=O)OCC)=C(C)N=3)c2ccccc21.CCCCCCCN1C(=O)/C(=c2\sc3n(c2=O)C(c2ccc(OC(=O)c4ccco4)cc2)C(C(=O)OCC)=C(C)N=3)c2ccccc21.CN(C)C=O. The maximum atomic E-state index is 14.4. The molecule has 0 radical (unpaired) electrons. The second kappa shape index (κ2) is 48.2. The van der Waals surface area contributed by atoms with Crippen LogP contribution in [0, 0.1) is 0 Å².